The van der Waals surface area contributed by atoms with E-state index in [2.05, 4.69) is 38.2 Å². The van der Waals surface area contributed by atoms with Crippen molar-refractivity contribution in [1.29, 1.82) is 0 Å². The Hall–Kier alpha value is -2.20. The van der Waals surface area contributed by atoms with Crippen LogP contribution in [0.5, 0.6) is 11.5 Å². The maximum absolute atomic E-state index is 11.8. The zero-order valence-electron chi connectivity index (χ0n) is 16.3. The number of ether oxygens (including phenoxy) is 2. The fourth-order valence-electron chi connectivity index (χ4n) is 2.45. The van der Waals surface area contributed by atoms with Crippen LogP contribution in [-0.2, 0) is 10.2 Å². The molecule has 0 bridgehead atoms. The molecule has 0 saturated heterocycles. The van der Waals surface area contributed by atoms with Crippen LogP contribution in [0.3, 0.4) is 0 Å². The van der Waals surface area contributed by atoms with Crippen LogP contribution in [0.1, 0.15) is 39.2 Å². The van der Waals surface area contributed by atoms with E-state index < -0.39 is 0 Å². The first kappa shape index (κ1) is 21.1. The lowest BCUT2D eigenvalue weighted by Gasteiger charge is -2.19. The Morgan fingerprint density at radius 3 is 2.07 bits per heavy atom. The quantitative estimate of drug-likeness (QED) is 0.614. The van der Waals surface area contributed by atoms with Gasteiger partial charge in [-0.2, -0.15) is 0 Å². The van der Waals surface area contributed by atoms with E-state index in [1.807, 2.05) is 24.3 Å². The van der Waals surface area contributed by atoms with Gasteiger partial charge in [-0.15, -0.1) is 0 Å². The van der Waals surface area contributed by atoms with Gasteiger partial charge in [0.1, 0.15) is 18.1 Å². The lowest BCUT2D eigenvalue weighted by Crippen LogP contribution is -2.28. The summed E-state index contributed by atoms with van der Waals surface area (Å²) in [5, 5.41) is 3.53. The van der Waals surface area contributed by atoms with Crippen molar-refractivity contribution in [3.63, 3.8) is 0 Å². The summed E-state index contributed by atoms with van der Waals surface area (Å²) in [7, 11) is 0. The number of carbonyl (C=O) groups is 1. The molecule has 0 aromatic heterocycles. The second-order valence-corrected chi connectivity index (χ2v) is 7.82. The Labute approximate surface area is 166 Å². The van der Waals surface area contributed by atoms with Crippen molar-refractivity contribution in [3.05, 3.63) is 59.1 Å². The minimum atomic E-state index is 0.00128. The lowest BCUT2D eigenvalue weighted by atomic mass is 9.87. The van der Waals surface area contributed by atoms with Gasteiger partial charge in [-0.1, -0.05) is 44.5 Å². The van der Waals surface area contributed by atoms with Gasteiger partial charge in [-0.25, -0.2) is 0 Å². The van der Waals surface area contributed by atoms with E-state index in [1.54, 1.807) is 12.1 Å². The zero-order valence-corrected chi connectivity index (χ0v) is 17.0. The Bertz CT molecular complexity index is 706. The average molecular weight is 390 g/mol. The maximum Gasteiger partial charge on any atom is 0.220 e. The first-order chi connectivity index (χ1) is 12.8. The molecule has 1 amide bonds. The second-order valence-electron chi connectivity index (χ2n) is 7.38. The van der Waals surface area contributed by atoms with Crippen LogP contribution in [0, 0.1) is 0 Å². The van der Waals surface area contributed by atoms with Gasteiger partial charge in [0.15, 0.2) is 0 Å². The van der Waals surface area contributed by atoms with Crippen molar-refractivity contribution in [3.8, 4) is 11.5 Å². The van der Waals surface area contributed by atoms with Crippen molar-refractivity contribution in [2.24, 2.45) is 0 Å². The highest BCUT2D eigenvalue weighted by molar-refractivity contribution is 6.30. The van der Waals surface area contributed by atoms with Crippen LogP contribution in [0.2, 0.25) is 5.02 Å². The van der Waals surface area contributed by atoms with Crippen molar-refractivity contribution in [2.45, 2.75) is 39.0 Å². The third-order valence-corrected chi connectivity index (χ3v) is 4.30. The molecule has 0 aliphatic carbocycles. The molecule has 0 unspecified atom stereocenters. The number of hydrogen-bond acceptors (Lipinski definition) is 3. The van der Waals surface area contributed by atoms with E-state index in [4.69, 9.17) is 21.1 Å². The van der Waals surface area contributed by atoms with Gasteiger partial charge in [0.05, 0.1) is 13.2 Å². The van der Waals surface area contributed by atoms with Crippen molar-refractivity contribution < 1.29 is 14.3 Å². The number of benzene rings is 2. The third-order valence-electron chi connectivity index (χ3n) is 4.04. The molecule has 146 valence electrons. The molecule has 0 radical (unpaired) electrons. The molecule has 0 aliphatic heterocycles. The summed E-state index contributed by atoms with van der Waals surface area (Å²) in [6, 6.07) is 15.3. The van der Waals surface area contributed by atoms with Crippen molar-refractivity contribution >= 4 is 17.5 Å². The Morgan fingerprint density at radius 2 is 1.48 bits per heavy atom. The van der Waals surface area contributed by atoms with E-state index in [1.165, 1.54) is 5.56 Å². The molecule has 2 aromatic rings. The molecule has 4 nitrogen and oxygen atoms in total. The van der Waals surface area contributed by atoms with Gasteiger partial charge < -0.3 is 14.8 Å². The van der Waals surface area contributed by atoms with Crippen LogP contribution < -0.4 is 14.8 Å². The maximum atomic E-state index is 11.8. The largest absolute Gasteiger partial charge is 0.494 e. The molecule has 2 rings (SSSR count). The Kier molecular flexibility index (Phi) is 7.99. The normalized spacial score (nSPS) is 11.1. The average Bonchev–Trinajstić information content (AvgIpc) is 2.63. The number of carbonyl (C=O) groups excluding carboxylic acids is 1. The summed E-state index contributed by atoms with van der Waals surface area (Å²) in [5.74, 6) is 1.57. The summed E-state index contributed by atoms with van der Waals surface area (Å²) < 4.78 is 11.2. The van der Waals surface area contributed by atoms with Gasteiger partial charge in [-0.3, -0.25) is 4.79 Å². The highest BCUT2D eigenvalue weighted by Crippen LogP contribution is 2.24. The predicted molar refractivity (Wildman–Crippen MR) is 110 cm³/mol. The molecule has 0 fully saturated rings. The van der Waals surface area contributed by atoms with Crippen molar-refractivity contribution in [2.75, 3.05) is 19.8 Å². The highest BCUT2D eigenvalue weighted by Gasteiger charge is 2.12. The van der Waals surface area contributed by atoms with Crippen LogP contribution in [0.4, 0.5) is 0 Å². The van der Waals surface area contributed by atoms with Crippen LogP contribution >= 0.6 is 11.6 Å². The minimum absolute atomic E-state index is 0.00128. The molecule has 0 saturated carbocycles. The molecule has 5 heteroatoms. The SMILES string of the molecule is CC(C)(C)c1ccc(OCCNC(=O)CCCOc2ccc(Cl)cc2)cc1. The van der Waals surface area contributed by atoms with Crippen molar-refractivity contribution in [1.82, 2.24) is 5.32 Å². The standard InChI is InChI=1S/C22H28ClNO3/c1-22(2,3)17-6-10-19(11-7-17)27-16-14-24-21(25)5-4-15-26-20-12-8-18(23)9-13-20/h6-13H,4-5,14-16H2,1-3H3,(H,24,25). The van der Waals surface area contributed by atoms with Gasteiger partial charge >= 0.3 is 0 Å². The fraction of sp³-hybridized carbons (Fsp3) is 0.409. The first-order valence-corrected chi connectivity index (χ1v) is 9.61. The Morgan fingerprint density at radius 1 is 0.926 bits per heavy atom. The fourth-order valence-corrected chi connectivity index (χ4v) is 2.58. The van der Waals surface area contributed by atoms with Gasteiger partial charge in [0.2, 0.25) is 5.91 Å². The van der Waals surface area contributed by atoms with E-state index in [0.717, 1.165) is 11.5 Å². The molecular weight excluding hydrogens is 362 g/mol. The summed E-state index contributed by atoms with van der Waals surface area (Å²) in [6.07, 6.45) is 1.08. The highest BCUT2D eigenvalue weighted by atomic mass is 35.5. The number of rotatable bonds is 9. The molecule has 27 heavy (non-hydrogen) atoms. The molecule has 1 N–H and O–H groups in total. The number of halogens is 1. The van der Waals surface area contributed by atoms with E-state index in [0.29, 0.717) is 37.6 Å². The summed E-state index contributed by atoms with van der Waals surface area (Å²) in [6.45, 7) is 7.96. The smallest absolute Gasteiger partial charge is 0.220 e. The van der Waals surface area contributed by atoms with E-state index in [-0.39, 0.29) is 11.3 Å². The molecule has 0 spiro atoms. The minimum Gasteiger partial charge on any atom is -0.494 e. The van der Waals surface area contributed by atoms with Crippen LogP contribution in [-0.4, -0.2) is 25.7 Å². The monoisotopic (exact) mass is 389 g/mol. The van der Waals surface area contributed by atoms with Gasteiger partial charge in [0.25, 0.3) is 0 Å². The lowest BCUT2D eigenvalue weighted by molar-refractivity contribution is -0.121. The predicted octanol–water partition coefficient (Wildman–Crippen LogP) is 4.99. The van der Waals surface area contributed by atoms with E-state index in [9.17, 15) is 4.79 Å². The van der Waals surface area contributed by atoms with Crippen LogP contribution in [0.25, 0.3) is 0 Å². The molecule has 0 aliphatic rings. The second kappa shape index (κ2) is 10.2. The molecule has 2 aromatic carbocycles. The Balaban J connectivity index is 1.56. The molecule has 0 heterocycles. The molecular formula is C22H28ClNO3. The summed E-state index contributed by atoms with van der Waals surface area (Å²) in [5.41, 5.74) is 1.40. The number of amides is 1. The third kappa shape index (κ3) is 7.92. The first-order valence-electron chi connectivity index (χ1n) is 9.23. The van der Waals surface area contributed by atoms with Crippen LogP contribution in [0.15, 0.2) is 48.5 Å². The topological polar surface area (TPSA) is 47.6 Å². The number of nitrogens with one attached hydrogen (secondary N) is 1. The van der Waals surface area contributed by atoms with Gasteiger partial charge in [0, 0.05) is 11.4 Å². The molecule has 0 atom stereocenters. The summed E-state index contributed by atoms with van der Waals surface area (Å²) in [4.78, 5) is 11.8. The van der Waals surface area contributed by atoms with E-state index >= 15 is 0 Å². The van der Waals surface area contributed by atoms with Gasteiger partial charge in [-0.05, 0) is 53.8 Å². The zero-order chi connectivity index (χ0) is 19.7. The number of hydrogen-bond donors (Lipinski definition) is 1. The summed E-state index contributed by atoms with van der Waals surface area (Å²) >= 11 is 5.82.